The molecule has 1 amide bonds. The van der Waals surface area contributed by atoms with Gasteiger partial charge in [-0.1, -0.05) is 6.92 Å². The van der Waals surface area contributed by atoms with Gasteiger partial charge in [0.25, 0.3) is 0 Å². The van der Waals surface area contributed by atoms with Gasteiger partial charge >= 0.3 is 0 Å². The first kappa shape index (κ1) is 8.92. The highest BCUT2D eigenvalue weighted by atomic mass is 32.1. The molecule has 1 rings (SSSR count). The summed E-state index contributed by atoms with van der Waals surface area (Å²) in [5, 5.41) is 3.50. The Morgan fingerprint density at radius 2 is 2.67 bits per heavy atom. The first-order valence-corrected chi connectivity index (χ1v) is 4.34. The molecule has 0 bridgehead atoms. The fourth-order valence-electron chi connectivity index (χ4n) is 0.760. The van der Waals surface area contributed by atoms with Crippen molar-refractivity contribution in [1.29, 1.82) is 0 Å². The predicted octanol–water partition coefficient (Wildman–Crippen LogP) is 0.214. The maximum absolute atomic E-state index is 10.8. The van der Waals surface area contributed by atoms with Crippen LogP contribution >= 0.6 is 11.5 Å². The van der Waals surface area contributed by atoms with E-state index in [1.807, 2.05) is 6.92 Å². The zero-order valence-electron chi connectivity index (χ0n) is 6.65. The van der Waals surface area contributed by atoms with E-state index in [-0.39, 0.29) is 11.9 Å². The molecule has 1 unspecified atom stereocenters. The van der Waals surface area contributed by atoms with Gasteiger partial charge < -0.3 is 11.1 Å². The number of nitrogens with two attached hydrogens (primary N) is 1. The third-order valence-corrected chi connectivity index (χ3v) is 2.01. The Morgan fingerprint density at radius 1 is 1.92 bits per heavy atom. The van der Waals surface area contributed by atoms with Crippen LogP contribution in [0.25, 0.3) is 0 Å². The Labute approximate surface area is 74.2 Å². The number of hydrogen-bond donors (Lipinski definition) is 2. The number of hydrogen-bond acceptors (Lipinski definition) is 5. The largest absolute Gasteiger partial charge is 0.368 e. The minimum atomic E-state index is -0.368. The third-order valence-electron chi connectivity index (χ3n) is 1.41. The van der Waals surface area contributed by atoms with Gasteiger partial charge in [0.2, 0.25) is 11.0 Å². The maximum Gasteiger partial charge on any atom is 0.239 e. The first-order valence-electron chi connectivity index (χ1n) is 3.56. The standard InChI is InChI=1S/C6H10N4OS/c1-2-4(5(7)11)10-6-8-3-9-12-6/h3-4H,2H2,1H3,(H2,7,11)(H,8,9,10). The molecule has 0 aliphatic carbocycles. The molecule has 1 aromatic rings. The zero-order valence-corrected chi connectivity index (χ0v) is 7.47. The van der Waals surface area contributed by atoms with Crippen molar-refractivity contribution in [2.24, 2.45) is 5.73 Å². The highest BCUT2D eigenvalue weighted by molar-refractivity contribution is 7.09. The number of carbonyl (C=O) groups is 1. The molecule has 1 heterocycles. The highest BCUT2D eigenvalue weighted by Crippen LogP contribution is 2.09. The second-order valence-corrected chi connectivity index (χ2v) is 3.03. The van der Waals surface area contributed by atoms with Crippen molar-refractivity contribution in [3.8, 4) is 0 Å². The summed E-state index contributed by atoms with van der Waals surface area (Å²) in [6, 6.07) is -0.349. The minimum Gasteiger partial charge on any atom is -0.368 e. The zero-order chi connectivity index (χ0) is 8.97. The van der Waals surface area contributed by atoms with Crippen molar-refractivity contribution in [1.82, 2.24) is 9.36 Å². The minimum absolute atomic E-state index is 0.349. The molecule has 0 aliphatic rings. The summed E-state index contributed by atoms with van der Waals surface area (Å²) < 4.78 is 3.78. The summed E-state index contributed by atoms with van der Waals surface area (Å²) in [6.45, 7) is 1.88. The molecule has 5 nitrogen and oxygen atoms in total. The third kappa shape index (κ3) is 2.16. The number of amides is 1. The van der Waals surface area contributed by atoms with Crippen molar-refractivity contribution in [3.63, 3.8) is 0 Å². The van der Waals surface area contributed by atoms with Crippen molar-refractivity contribution in [2.45, 2.75) is 19.4 Å². The van der Waals surface area contributed by atoms with Crippen molar-refractivity contribution >= 4 is 22.6 Å². The number of aromatic nitrogens is 2. The van der Waals surface area contributed by atoms with E-state index < -0.39 is 0 Å². The lowest BCUT2D eigenvalue weighted by molar-refractivity contribution is -0.118. The molecule has 1 atom stereocenters. The summed E-state index contributed by atoms with van der Waals surface area (Å²) in [5.41, 5.74) is 5.12. The van der Waals surface area contributed by atoms with Gasteiger partial charge in [-0.15, -0.1) is 0 Å². The monoisotopic (exact) mass is 186 g/mol. The van der Waals surface area contributed by atoms with Crippen LogP contribution in [0, 0.1) is 0 Å². The summed E-state index contributed by atoms with van der Waals surface area (Å²) in [7, 11) is 0. The quantitative estimate of drug-likeness (QED) is 0.704. The molecule has 3 N–H and O–H groups in total. The average Bonchev–Trinajstić information content (AvgIpc) is 2.51. The Balaban J connectivity index is 2.54. The fourth-order valence-corrected chi connectivity index (χ4v) is 1.24. The van der Waals surface area contributed by atoms with Gasteiger partial charge in [-0.25, -0.2) is 4.98 Å². The molecule has 66 valence electrons. The summed E-state index contributed by atoms with van der Waals surface area (Å²) in [6.07, 6.45) is 2.08. The summed E-state index contributed by atoms with van der Waals surface area (Å²) >= 11 is 1.20. The van der Waals surface area contributed by atoms with Crippen LogP contribution in [0.4, 0.5) is 5.13 Å². The highest BCUT2D eigenvalue weighted by Gasteiger charge is 2.12. The number of carbonyl (C=O) groups excluding carboxylic acids is 1. The van der Waals surface area contributed by atoms with E-state index in [1.54, 1.807) is 0 Å². The molecule has 0 fully saturated rings. The molecule has 0 aliphatic heterocycles. The second-order valence-electron chi connectivity index (χ2n) is 2.25. The lowest BCUT2D eigenvalue weighted by Crippen LogP contribution is -2.34. The van der Waals surface area contributed by atoms with E-state index in [4.69, 9.17) is 5.73 Å². The maximum atomic E-state index is 10.8. The van der Waals surface area contributed by atoms with Gasteiger partial charge in [-0.05, 0) is 6.42 Å². The van der Waals surface area contributed by atoms with E-state index >= 15 is 0 Å². The predicted molar refractivity (Wildman–Crippen MR) is 46.8 cm³/mol. The fraction of sp³-hybridized carbons (Fsp3) is 0.500. The van der Waals surface area contributed by atoms with E-state index in [9.17, 15) is 4.79 Å². The van der Waals surface area contributed by atoms with E-state index in [1.165, 1.54) is 17.9 Å². The number of rotatable bonds is 4. The van der Waals surface area contributed by atoms with Crippen LogP contribution in [0.2, 0.25) is 0 Å². The Bertz CT molecular complexity index is 248. The van der Waals surface area contributed by atoms with Crippen molar-refractivity contribution in [2.75, 3.05) is 5.32 Å². The number of nitrogens with one attached hydrogen (secondary N) is 1. The van der Waals surface area contributed by atoms with Gasteiger partial charge in [0, 0.05) is 11.5 Å². The van der Waals surface area contributed by atoms with Crippen LogP contribution in [0.15, 0.2) is 6.33 Å². The average molecular weight is 186 g/mol. The molecule has 0 spiro atoms. The lowest BCUT2D eigenvalue weighted by Gasteiger charge is -2.10. The topological polar surface area (TPSA) is 80.9 Å². The molecule has 0 saturated heterocycles. The lowest BCUT2D eigenvalue weighted by atomic mass is 10.2. The van der Waals surface area contributed by atoms with Crippen LogP contribution in [0.3, 0.4) is 0 Å². The van der Waals surface area contributed by atoms with E-state index in [0.29, 0.717) is 11.6 Å². The van der Waals surface area contributed by atoms with Crippen LogP contribution in [-0.4, -0.2) is 21.3 Å². The van der Waals surface area contributed by atoms with Crippen LogP contribution in [0.5, 0.6) is 0 Å². The number of anilines is 1. The summed E-state index contributed by atoms with van der Waals surface area (Å²) in [5.74, 6) is -0.368. The van der Waals surface area contributed by atoms with Crippen LogP contribution in [-0.2, 0) is 4.79 Å². The van der Waals surface area contributed by atoms with Crippen LogP contribution < -0.4 is 11.1 Å². The Morgan fingerprint density at radius 3 is 3.08 bits per heavy atom. The molecule has 6 heteroatoms. The van der Waals surface area contributed by atoms with Gasteiger partial charge in [-0.2, -0.15) is 4.37 Å². The molecule has 12 heavy (non-hydrogen) atoms. The van der Waals surface area contributed by atoms with Gasteiger partial charge in [0.1, 0.15) is 12.4 Å². The molecular formula is C6H10N4OS. The second kappa shape index (κ2) is 4.01. The SMILES string of the molecule is CCC(Nc1ncns1)C(N)=O. The van der Waals surface area contributed by atoms with Gasteiger partial charge in [0.15, 0.2) is 0 Å². The number of nitrogens with zero attached hydrogens (tertiary/aromatic N) is 2. The normalized spacial score (nSPS) is 12.4. The molecule has 0 radical (unpaired) electrons. The first-order chi connectivity index (χ1) is 5.74. The molecule has 0 aromatic carbocycles. The number of primary amides is 1. The molecule has 1 aromatic heterocycles. The van der Waals surface area contributed by atoms with Crippen molar-refractivity contribution in [3.05, 3.63) is 6.33 Å². The molecular weight excluding hydrogens is 176 g/mol. The Hall–Kier alpha value is -1.17. The molecule has 0 saturated carbocycles. The van der Waals surface area contributed by atoms with Crippen molar-refractivity contribution < 1.29 is 4.79 Å². The summed E-state index contributed by atoms with van der Waals surface area (Å²) in [4.78, 5) is 14.6. The van der Waals surface area contributed by atoms with E-state index in [0.717, 1.165) is 0 Å². The smallest absolute Gasteiger partial charge is 0.239 e. The van der Waals surface area contributed by atoms with Gasteiger partial charge in [0.05, 0.1) is 0 Å². The van der Waals surface area contributed by atoms with Gasteiger partial charge in [-0.3, -0.25) is 4.79 Å². The van der Waals surface area contributed by atoms with E-state index in [2.05, 4.69) is 14.7 Å². The Kier molecular flexibility index (Phi) is 2.98. The van der Waals surface area contributed by atoms with Crippen LogP contribution in [0.1, 0.15) is 13.3 Å².